The minimum atomic E-state index is -3.92. The smallest absolute Gasteiger partial charge is 0.338 e. The standard InChI is InChI=1S/C21H26N2O6S/c1-21(2,3)22-19(24)14-29-20(25)15-7-6-8-18(13-15)30(26,27)23(4)16-9-11-17(28-5)12-10-16/h6-13H,14H2,1-5H3,(H,22,24). The Hall–Kier alpha value is -3.07. The van der Waals surface area contributed by atoms with E-state index in [0.29, 0.717) is 11.4 Å². The topological polar surface area (TPSA) is 102 Å². The predicted molar refractivity (Wildman–Crippen MR) is 113 cm³/mol. The van der Waals surface area contributed by atoms with Crippen LogP contribution in [0.3, 0.4) is 0 Å². The number of carbonyl (C=O) groups excluding carboxylic acids is 2. The molecule has 0 aliphatic heterocycles. The normalized spacial score (nSPS) is 11.5. The van der Waals surface area contributed by atoms with Crippen molar-refractivity contribution in [1.29, 1.82) is 0 Å². The second kappa shape index (κ2) is 9.17. The molecule has 0 radical (unpaired) electrons. The fourth-order valence-electron chi connectivity index (χ4n) is 2.54. The van der Waals surface area contributed by atoms with Crippen molar-refractivity contribution in [2.24, 2.45) is 0 Å². The molecule has 0 saturated carbocycles. The number of nitrogens with one attached hydrogen (secondary N) is 1. The Bertz CT molecular complexity index is 1010. The molecule has 0 aliphatic carbocycles. The SMILES string of the molecule is COc1ccc(N(C)S(=O)(=O)c2cccc(C(=O)OCC(=O)NC(C)(C)C)c2)cc1. The van der Waals surface area contributed by atoms with Crippen molar-refractivity contribution < 1.29 is 27.5 Å². The molecule has 0 spiro atoms. The molecule has 1 amide bonds. The molecule has 162 valence electrons. The first kappa shape index (κ1) is 23.2. The van der Waals surface area contributed by atoms with Crippen LogP contribution in [-0.2, 0) is 19.6 Å². The quantitative estimate of drug-likeness (QED) is 0.672. The van der Waals surface area contributed by atoms with Crippen molar-refractivity contribution in [3.05, 3.63) is 54.1 Å². The van der Waals surface area contributed by atoms with E-state index in [2.05, 4.69) is 5.32 Å². The minimum absolute atomic E-state index is 0.0303. The molecule has 2 rings (SSSR count). The van der Waals surface area contributed by atoms with E-state index in [1.54, 1.807) is 45.0 Å². The number of sulfonamides is 1. The number of anilines is 1. The zero-order valence-corrected chi connectivity index (χ0v) is 18.4. The van der Waals surface area contributed by atoms with Gasteiger partial charge in [0.15, 0.2) is 6.61 Å². The van der Waals surface area contributed by atoms with Gasteiger partial charge in [0.1, 0.15) is 5.75 Å². The maximum atomic E-state index is 13.0. The fourth-order valence-corrected chi connectivity index (χ4v) is 3.78. The lowest BCUT2D eigenvalue weighted by molar-refractivity contribution is -0.125. The van der Waals surface area contributed by atoms with Gasteiger partial charge in [0.05, 0.1) is 23.3 Å². The summed E-state index contributed by atoms with van der Waals surface area (Å²) in [4.78, 5) is 24.0. The summed E-state index contributed by atoms with van der Waals surface area (Å²) in [5.41, 5.74) is 0.00849. The van der Waals surface area contributed by atoms with Gasteiger partial charge in [-0.05, 0) is 63.2 Å². The van der Waals surface area contributed by atoms with E-state index in [1.807, 2.05) is 0 Å². The van der Waals surface area contributed by atoms with Gasteiger partial charge in [-0.15, -0.1) is 0 Å². The second-order valence-corrected chi connectivity index (χ2v) is 9.54. The lowest BCUT2D eigenvalue weighted by Gasteiger charge is -2.20. The molecule has 0 aliphatic rings. The molecule has 0 saturated heterocycles. The zero-order chi connectivity index (χ0) is 22.5. The number of nitrogens with zero attached hydrogens (tertiary/aromatic N) is 1. The lowest BCUT2D eigenvalue weighted by atomic mass is 10.1. The van der Waals surface area contributed by atoms with Gasteiger partial charge < -0.3 is 14.8 Å². The lowest BCUT2D eigenvalue weighted by Crippen LogP contribution is -2.42. The van der Waals surface area contributed by atoms with Gasteiger partial charge in [0.25, 0.3) is 15.9 Å². The van der Waals surface area contributed by atoms with E-state index in [-0.39, 0.29) is 10.5 Å². The Morgan fingerprint density at radius 2 is 1.70 bits per heavy atom. The van der Waals surface area contributed by atoms with Crippen LogP contribution in [0.5, 0.6) is 5.75 Å². The molecule has 1 N–H and O–H groups in total. The number of rotatable bonds is 7. The number of esters is 1. The molecule has 8 nitrogen and oxygen atoms in total. The van der Waals surface area contributed by atoms with Crippen LogP contribution in [0.1, 0.15) is 31.1 Å². The van der Waals surface area contributed by atoms with E-state index in [1.165, 1.54) is 38.4 Å². The molecule has 30 heavy (non-hydrogen) atoms. The summed E-state index contributed by atoms with van der Waals surface area (Å²) in [6.45, 7) is 4.96. The third kappa shape index (κ3) is 5.96. The maximum Gasteiger partial charge on any atom is 0.338 e. The third-order valence-electron chi connectivity index (χ3n) is 4.01. The number of hydrogen-bond donors (Lipinski definition) is 1. The van der Waals surface area contributed by atoms with Gasteiger partial charge in [-0.25, -0.2) is 13.2 Å². The molecule has 0 fully saturated rings. The third-order valence-corrected chi connectivity index (χ3v) is 5.79. The van der Waals surface area contributed by atoms with E-state index < -0.39 is 34.0 Å². The highest BCUT2D eigenvalue weighted by Crippen LogP contribution is 2.24. The Kier molecular flexibility index (Phi) is 7.09. The summed E-state index contributed by atoms with van der Waals surface area (Å²) < 4.78 is 37.1. The molecule has 2 aromatic rings. The molecular weight excluding hydrogens is 408 g/mol. The number of hydrogen-bond acceptors (Lipinski definition) is 6. The monoisotopic (exact) mass is 434 g/mol. The van der Waals surface area contributed by atoms with Crippen LogP contribution < -0.4 is 14.4 Å². The Morgan fingerprint density at radius 1 is 1.07 bits per heavy atom. The molecule has 0 atom stereocenters. The maximum absolute atomic E-state index is 13.0. The number of benzene rings is 2. The molecule has 2 aromatic carbocycles. The number of ether oxygens (including phenoxy) is 2. The van der Waals surface area contributed by atoms with Gasteiger partial charge in [-0.3, -0.25) is 9.10 Å². The van der Waals surface area contributed by atoms with Crippen LogP contribution in [0.25, 0.3) is 0 Å². The van der Waals surface area contributed by atoms with Gasteiger partial charge >= 0.3 is 5.97 Å². The molecule has 0 heterocycles. The van der Waals surface area contributed by atoms with Crippen LogP contribution in [0.2, 0.25) is 0 Å². The molecule has 9 heteroatoms. The molecule has 0 bridgehead atoms. The van der Waals surface area contributed by atoms with Gasteiger partial charge in [-0.1, -0.05) is 6.07 Å². The predicted octanol–water partition coefficient (Wildman–Crippen LogP) is 2.59. The van der Waals surface area contributed by atoms with E-state index >= 15 is 0 Å². The zero-order valence-electron chi connectivity index (χ0n) is 17.6. The summed E-state index contributed by atoms with van der Waals surface area (Å²) in [5.74, 6) is -0.633. The Balaban J connectivity index is 2.16. The van der Waals surface area contributed by atoms with Crippen LogP contribution in [-0.4, -0.2) is 46.6 Å². The number of methoxy groups -OCH3 is 1. The Morgan fingerprint density at radius 3 is 2.27 bits per heavy atom. The summed E-state index contributed by atoms with van der Waals surface area (Å²) in [6.07, 6.45) is 0. The van der Waals surface area contributed by atoms with E-state index in [0.717, 1.165) is 4.31 Å². The summed E-state index contributed by atoms with van der Waals surface area (Å²) in [5, 5.41) is 2.68. The van der Waals surface area contributed by atoms with E-state index in [9.17, 15) is 18.0 Å². The molecule has 0 aromatic heterocycles. The van der Waals surface area contributed by atoms with Crippen LogP contribution in [0.4, 0.5) is 5.69 Å². The van der Waals surface area contributed by atoms with Gasteiger partial charge in [0, 0.05) is 12.6 Å². The van der Waals surface area contributed by atoms with Crippen molar-refractivity contribution >= 4 is 27.6 Å². The van der Waals surface area contributed by atoms with Crippen molar-refractivity contribution in [2.75, 3.05) is 25.1 Å². The average molecular weight is 435 g/mol. The first-order valence-electron chi connectivity index (χ1n) is 9.15. The summed E-state index contributed by atoms with van der Waals surface area (Å²) >= 11 is 0. The molecule has 0 unspecified atom stereocenters. The second-order valence-electron chi connectivity index (χ2n) is 7.57. The van der Waals surface area contributed by atoms with Crippen LogP contribution in [0, 0.1) is 0 Å². The highest BCUT2D eigenvalue weighted by atomic mass is 32.2. The van der Waals surface area contributed by atoms with Crippen LogP contribution in [0.15, 0.2) is 53.4 Å². The highest BCUT2D eigenvalue weighted by Gasteiger charge is 2.23. The minimum Gasteiger partial charge on any atom is -0.497 e. The van der Waals surface area contributed by atoms with Gasteiger partial charge in [-0.2, -0.15) is 0 Å². The first-order chi connectivity index (χ1) is 13.9. The molecular formula is C21H26N2O6S. The average Bonchev–Trinajstić information content (AvgIpc) is 2.70. The van der Waals surface area contributed by atoms with Crippen molar-refractivity contribution in [1.82, 2.24) is 5.32 Å². The van der Waals surface area contributed by atoms with Crippen molar-refractivity contribution in [3.63, 3.8) is 0 Å². The van der Waals surface area contributed by atoms with Crippen molar-refractivity contribution in [3.8, 4) is 5.75 Å². The van der Waals surface area contributed by atoms with Gasteiger partial charge in [0.2, 0.25) is 0 Å². The highest BCUT2D eigenvalue weighted by molar-refractivity contribution is 7.92. The number of amides is 1. The first-order valence-corrected chi connectivity index (χ1v) is 10.6. The Labute approximate surface area is 176 Å². The van der Waals surface area contributed by atoms with Crippen molar-refractivity contribution in [2.45, 2.75) is 31.2 Å². The van der Waals surface area contributed by atoms with Crippen LogP contribution >= 0.6 is 0 Å². The largest absolute Gasteiger partial charge is 0.497 e. The fraction of sp³-hybridized carbons (Fsp3) is 0.333. The summed E-state index contributed by atoms with van der Waals surface area (Å²) in [6, 6.07) is 12.0. The van der Waals surface area contributed by atoms with E-state index in [4.69, 9.17) is 9.47 Å². The number of carbonyl (C=O) groups is 2. The summed E-state index contributed by atoms with van der Waals surface area (Å²) in [7, 11) is -0.981.